The largest absolute Gasteiger partial charge is 0.417 e. The van der Waals surface area contributed by atoms with Crippen molar-refractivity contribution >= 4 is 22.8 Å². The zero-order valence-corrected chi connectivity index (χ0v) is 16.9. The summed E-state index contributed by atoms with van der Waals surface area (Å²) in [7, 11) is 0. The van der Waals surface area contributed by atoms with E-state index in [2.05, 4.69) is 15.0 Å². The summed E-state index contributed by atoms with van der Waals surface area (Å²) < 4.78 is 39.5. The highest BCUT2D eigenvalue weighted by Gasteiger charge is 2.42. The van der Waals surface area contributed by atoms with E-state index in [1.807, 2.05) is 4.90 Å². The number of hydrogen-bond donors (Lipinski definition) is 0. The summed E-state index contributed by atoms with van der Waals surface area (Å²) >= 11 is 0. The Hall–Kier alpha value is -3.50. The van der Waals surface area contributed by atoms with Gasteiger partial charge in [-0.2, -0.15) is 13.2 Å². The van der Waals surface area contributed by atoms with Crippen molar-refractivity contribution in [2.24, 2.45) is 11.8 Å². The molecule has 2 saturated heterocycles. The normalized spacial score (nSPS) is 20.7. The second-order valence-electron chi connectivity index (χ2n) is 8.18. The highest BCUT2D eigenvalue weighted by Crippen LogP contribution is 2.34. The summed E-state index contributed by atoms with van der Waals surface area (Å²) in [4.78, 5) is 41.3. The van der Waals surface area contributed by atoms with Gasteiger partial charge in [-0.1, -0.05) is 0 Å². The first-order chi connectivity index (χ1) is 15.3. The Balaban J connectivity index is 1.22. The van der Waals surface area contributed by atoms with Gasteiger partial charge in [-0.05, 0) is 24.3 Å². The van der Waals surface area contributed by atoms with Gasteiger partial charge in [-0.3, -0.25) is 14.2 Å². The van der Waals surface area contributed by atoms with E-state index in [0.717, 1.165) is 12.3 Å². The number of amides is 1. The van der Waals surface area contributed by atoms with Gasteiger partial charge in [0.2, 0.25) is 5.91 Å². The van der Waals surface area contributed by atoms with Crippen LogP contribution >= 0.6 is 0 Å². The van der Waals surface area contributed by atoms with Crippen LogP contribution in [-0.2, 0) is 17.5 Å². The molecule has 0 spiro atoms. The smallest absolute Gasteiger partial charge is 0.356 e. The van der Waals surface area contributed by atoms with Crippen molar-refractivity contribution < 1.29 is 18.0 Å². The predicted octanol–water partition coefficient (Wildman–Crippen LogP) is 1.80. The lowest BCUT2D eigenvalue weighted by atomic mass is 10.0. The van der Waals surface area contributed by atoms with Crippen LogP contribution in [0.5, 0.6) is 0 Å². The highest BCUT2D eigenvalue weighted by molar-refractivity contribution is 5.77. The van der Waals surface area contributed by atoms with Crippen molar-refractivity contribution in [2.45, 2.75) is 12.7 Å². The average molecular weight is 444 g/mol. The van der Waals surface area contributed by atoms with E-state index in [4.69, 9.17) is 0 Å². The van der Waals surface area contributed by atoms with Crippen LogP contribution < -0.4 is 10.5 Å². The number of aromatic nitrogens is 4. The number of pyridine rings is 2. The van der Waals surface area contributed by atoms with Crippen LogP contribution in [-0.4, -0.2) is 56.5 Å². The molecular formula is C21H19F3N6O2. The molecule has 166 valence electrons. The van der Waals surface area contributed by atoms with Crippen LogP contribution in [0.25, 0.3) is 11.0 Å². The minimum absolute atomic E-state index is 0.0969. The minimum atomic E-state index is -4.41. The molecule has 5 heterocycles. The van der Waals surface area contributed by atoms with Crippen LogP contribution in [0.15, 0.2) is 47.8 Å². The Kier molecular flexibility index (Phi) is 4.83. The molecule has 32 heavy (non-hydrogen) atoms. The standard InChI is InChI=1S/C21H19F3N6O2/c22-21(23,24)15-3-4-17(26-6-15)28-7-13-9-29(10-14(13)8-28)18(31)11-30-12-27-19-16(20(30)32)2-1-5-25-19/h1-6,12-14H,7-11H2. The topological polar surface area (TPSA) is 84.2 Å². The lowest BCUT2D eigenvalue weighted by Crippen LogP contribution is -2.37. The van der Waals surface area contributed by atoms with E-state index in [0.29, 0.717) is 43.0 Å². The average Bonchev–Trinajstić information content (AvgIpc) is 3.35. The van der Waals surface area contributed by atoms with Gasteiger partial charge in [0.25, 0.3) is 5.56 Å². The van der Waals surface area contributed by atoms with Crippen molar-refractivity contribution in [3.63, 3.8) is 0 Å². The molecule has 8 nitrogen and oxygen atoms in total. The third-order valence-electron chi connectivity index (χ3n) is 6.14. The van der Waals surface area contributed by atoms with E-state index in [-0.39, 0.29) is 29.8 Å². The van der Waals surface area contributed by atoms with Gasteiger partial charge in [0.1, 0.15) is 18.7 Å². The van der Waals surface area contributed by atoms with E-state index < -0.39 is 11.7 Å². The van der Waals surface area contributed by atoms with Crippen LogP contribution in [0.2, 0.25) is 0 Å². The first-order valence-electron chi connectivity index (χ1n) is 10.2. The van der Waals surface area contributed by atoms with Crippen molar-refractivity contribution in [3.8, 4) is 0 Å². The molecule has 5 rings (SSSR count). The molecule has 0 bridgehead atoms. The second-order valence-corrected chi connectivity index (χ2v) is 8.18. The Morgan fingerprint density at radius 1 is 1.03 bits per heavy atom. The number of alkyl halides is 3. The van der Waals surface area contributed by atoms with Crippen LogP contribution in [0.4, 0.5) is 19.0 Å². The third kappa shape index (κ3) is 3.67. The maximum atomic E-state index is 12.8. The summed E-state index contributed by atoms with van der Waals surface area (Å²) in [5, 5.41) is 0.362. The van der Waals surface area contributed by atoms with Crippen molar-refractivity contribution in [1.29, 1.82) is 0 Å². The molecule has 0 radical (unpaired) electrons. The molecule has 3 aromatic rings. The third-order valence-corrected chi connectivity index (χ3v) is 6.14. The summed E-state index contributed by atoms with van der Waals surface area (Å²) in [6.07, 6.45) is -0.668. The maximum Gasteiger partial charge on any atom is 0.417 e. The lowest BCUT2D eigenvalue weighted by Gasteiger charge is -2.23. The molecule has 1 amide bonds. The Bertz CT molecular complexity index is 1210. The van der Waals surface area contributed by atoms with Gasteiger partial charge in [0, 0.05) is 50.4 Å². The number of carbonyl (C=O) groups excluding carboxylic acids is 1. The fourth-order valence-corrected chi connectivity index (χ4v) is 4.48. The van der Waals surface area contributed by atoms with Crippen LogP contribution in [0.3, 0.4) is 0 Å². The molecular weight excluding hydrogens is 425 g/mol. The fourth-order valence-electron chi connectivity index (χ4n) is 4.48. The molecule has 2 aliphatic heterocycles. The van der Waals surface area contributed by atoms with E-state index >= 15 is 0 Å². The molecule has 2 fully saturated rings. The van der Waals surface area contributed by atoms with Crippen molar-refractivity contribution in [2.75, 3.05) is 31.1 Å². The number of halogens is 3. The fraction of sp³-hybridized carbons (Fsp3) is 0.381. The first-order valence-corrected chi connectivity index (χ1v) is 10.2. The van der Waals surface area contributed by atoms with Crippen LogP contribution in [0, 0.1) is 11.8 Å². The van der Waals surface area contributed by atoms with Gasteiger partial charge in [-0.15, -0.1) is 0 Å². The summed E-state index contributed by atoms with van der Waals surface area (Å²) in [6, 6.07) is 5.71. The predicted molar refractivity (Wildman–Crippen MR) is 109 cm³/mol. The van der Waals surface area contributed by atoms with Crippen LogP contribution in [0.1, 0.15) is 5.56 Å². The van der Waals surface area contributed by atoms with Gasteiger partial charge in [0.15, 0.2) is 5.65 Å². The second kappa shape index (κ2) is 7.57. The summed E-state index contributed by atoms with van der Waals surface area (Å²) in [6.45, 7) is 2.22. The van der Waals surface area contributed by atoms with Gasteiger partial charge in [0.05, 0.1) is 10.9 Å². The molecule has 0 aromatic carbocycles. The number of fused-ring (bicyclic) bond motifs is 2. The zero-order chi connectivity index (χ0) is 22.5. The lowest BCUT2D eigenvalue weighted by molar-refractivity contribution is -0.137. The zero-order valence-electron chi connectivity index (χ0n) is 16.9. The minimum Gasteiger partial charge on any atom is -0.356 e. The van der Waals surface area contributed by atoms with E-state index in [1.165, 1.54) is 17.0 Å². The summed E-state index contributed by atoms with van der Waals surface area (Å²) in [5.74, 6) is 0.760. The van der Waals surface area contributed by atoms with Gasteiger partial charge < -0.3 is 9.80 Å². The SMILES string of the molecule is O=C(Cn1cnc2ncccc2c1=O)N1CC2CN(c3ccc(C(F)(F)F)cn3)CC2C1. The number of anilines is 1. The molecule has 0 N–H and O–H groups in total. The van der Waals surface area contributed by atoms with Gasteiger partial charge >= 0.3 is 6.18 Å². The Morgan fingerprint density at radius 2 is 1.78 bits per heavy atom. The molecule has 2 unspecified atom stereocenters. The number of rotatable bonds is 3. The number of carbonyl (C=O) groups is 1. The molecule has 2 aliphatic rings. The molecule has 11 heteroatoms. The summed E-state index contributed by atoms with van der Waals surface area (Å²) in [5.41, 5.74) is -0.740. The highest BCUT2D eigenvalue weighted by atomic mass is 19.4. The Labute approximate surface area is 180 Å². The molecule has 2 atom stereocenters. The number of hydrogen-bond acceptors (Lipinski definition) is 6. The van der Waals surface area contributed by atoms with E-state index in [1.54, 1.807) is 23.2 Å². The van der Waals surface area contributed by atoms with E-state index in [9.17, 15) is 22.8 Å². The van der Waals surface area contributed by atoms with Gasteiger partial charge in [-0.25, -0.2) is 15.0 Å². The Morgan fingerprint density at radius 3 is 2.44 bits per heavy atom. The quantitative estimate of drug-likeness (QED) is 0.613. The van der Waals surface area contributed by atoms with Crippen molar-refractivity contribution in [3.05, 3.63) is 58.9 Å². The molecule has 0 aliphatic carbocycles. The molecule has 0 saturated carbocycles. The molecule has 3 aromatic heterocycles. The maximum absolute atomic E-state index is 12.8. The number of nitrogens with zero attached hydrogens (tertiary/aromatic N) is 6. The number of likely N-dealkylation sites (tertiary alicyclic amines) is 1. The van der Waals surface area contributed by atoms with Crippen molar-refractivity contribution in [1.82, 2.24) is 24.4 Å². The first kappa shape index (κ1) is 20.4. The monoisotopic (exact) mass is 444 g/mol.